The minimum atomic E-state index is -0.0245. The molecule has 2 N–H and O–H groups in total. The van der Waals surface area contributed by atoms with Crippen LogP contribution in [0.5, 0.6) is 5.75 Å². The zero-order valence-corrected chi connectivity index (χ0v) is 14.3. The molecule has 0 bridgehead atoms. The zero-order valence-electron chi connectivity index (χ0n) is 14.3. The summed E-state index contributed by atoms with van der Waals surface area (Å²) in [6.45, 7) is 0. The average Bonchev–Trinajstić information content (AvgIpc) is 2.66. The third kappa shape index (κ3) is 2.31. The maximum Gasteiger partial charge on any atom is 0.163 e. The number of phenols is 1. The fourth-order valence-electron chi connectivity index (χ4n) is 4.24. The second kappa shape index (κ2) is 5.73. The Morgan fingerprint density at radius 1 is 0.923 bits per heavy atom. The molecule has 3 aromatic carbocycles. The highest BCUT2D eigenvalue weighted by Gasteiger charge is 2.33. The minimum absolute atomic E-state index is 0.0245. The van der Waals surface area contributed by atoms with Crippen LogP contribution in [0, 0.1) is 0 Å². The number of rotatable bonds is 1. The van der Waals surface area contributed by atoms with Gasteiger partial charge >= 0.3 is 0 Å². The van der Waals surface area contributed by atoms with Gasteiger partial charge in [0.05, 0.1) is 6.04 Å². The van der Waals surface area contributed by atoms with Crippen LogP contribution < -0.4 is 5.32 Å². The molecule has 1 heterocycles. The molecular formula is C23H19NO2. The van der Waals surface area contributed by atoms with Crippen molar-refractivity contribution in [3.05, 3.63) is 77.4 Å². The molecule has 128 valence electrons. The molecule has 0 radical (unpaired) electrons. The van der Waals surface area contributed by atoms with Gasteiger partial charge in [-0.3, -0.25) is 4.79 Å². The summed E-state index contributed by atoms with van der Waals surface area (Å²) in [5, 5.41) is 15.6. The molecule has 26 heavy (non-hydrogen) atoms. The molecular weight excluding hydrogens is 322 g/mol. The van der Waals surface area contributed by atoms with Crippen molar-refractivity contribution in [3.8, 4) is 5.75 Å². The Balaban J connectivity index is 1.74. The quantitative estimate of drug-likeness (QED) is 0.638. The molecule has 2 aliphatic rings. The van der Waals surface area contributed by atoms with Crippen LogP contribution in [-0.2, 0) is 4.79 Å². The molecule has 0 saturated carbocycles. The van der Waals surface area contributed by atoms with E-state index < -0.39 is 0 Å². The van der Waals surface area contributed by atoms with Gasteiger partial charge in [-0.1, -0.05) is 36.4 Å². The minimum Gasteiger partial charge on any atom is -0.508 e. The topological polar surface area (TPSA) is 49.3 Å². The Hall–Kier alpha value is -3.07. The van der Waals surface area contributed by atoms with E-state index >= 15 is 0 Å². The number of hydrogen-bond donors (Lipinski definition) is 2. The standard InChI is InChI=1S/C23H19NO2/c25-17-10-8-14(9-11-17)23-18-6-3-7-21(26)22(18)19-12-15-4-1-2-5-16(15)13-20(19)24-23/h1-2,4-5,8-13,23-25H,3,6-7H2. The molecule has 0 amide bonds. The summed E-state index contributed by atoms with van der Waals surface area (Å²) < 4.78 is 0. The van der Waals surface area contributed by atoms with Crippen LogP contribution in [0.2, 0.25) is 0 Å². The molecule has 3 aromatic rings. The van der Waals surface area contributed by atoms with E-state index in [2.05, 4.69) is 29.6 Å². The van der Waals surface area contributed by atoms with Gasteiger partial charge in [-0.2, -0.15) is 0 Å². The van der Waals surface area contributed by atoms with Gasteiger partial charge in [-0.05, 0) is 59.0 Å². The zero-order chi connectivity index (χ0) is 17.7. The van der Waals surface area contributed by atoms with Gasteiger partial charge in [0.2, 0.25) is 0 Å². The van der Waals surface area contributed by atoms with Crippen molar-refractivity contribution in [3.63, 3.8) is 0 Å². The molecule has 3 nitrogen and oxygen atoms in total. The summed E-state index contributed by atoms with van der Waals surface area (Å²) in [4.78, 5) is 12.8. The van der Waals surface area contributed by atoms with Crippen LogP contribution in [0.15, 0.2) is 66.2 Å². The van der Waals surface area contributed by atoms with Gasteiger partial charge in [-0.25, -0.2) is 0 Å². The van der Waals surface area contributed by atoms with Crippen LogP contribution in [0.25, 0.3) is 16.3 Å². The van der Waals surface area contributed by atoms with E-state index in [9.17, 15) is 9.90 Å². The summed E-state index contributed by atoms with van der Waals surface area (Å²) in [6, 6.07) is 19.8. The lowest BCUT2D eigenvalue weighted by Gasteiger charge is -2.35. The molecule has 1 atom stereocenters. The van der Waals surface area contributed by atoms with Crippen molar-refractivity contribution in [2.75, 3.05) is 5.32 Å². The highest BCUT2D eigenvalue weighted by atomic mass is 16.3. The normalized spacial score (nSPS) is 19.1. The van der Waals surface area contributed by atoms with Crippen LogP contribution in [0.4, 0.5) is 5.69 Å². The van der Waals surface area contributed by atoms with E-state index in [0.29, 0.717) is 6.42 Å². The predicted octanol–water partition coefficient (Wildman–Crippen LogP) is 5.22. The number of aromatic hydroxyl groups is 1. The van der Waals surface area contributed by atoms with E-state index in [1.54, 1.807) is 12.1 Å². The first kappa shape index (κ1) is 15.2. The number of Topliss-reactive ketones (excluding diaryl/α,β-unsaturated/α-hetero) is 1. The van der Waals surface area contributed by atoms with Crippen LogP contribution in [0.3, 0.4) is 0 Å². The number of benzene rings is 3. The SMILES string of the molecule is O=C1CCCC2=C1c1cc3ccccc3cc1NC2c1ccc(O)cc1. The van der Waals surface area contributed by atoms with E-state index in [0.717, 1.165) is 46.0 Å². The van der Waals surface area contributed by atoms with Gasteiger partial charge in [0.1, 0.15) is 5.75 Å². The van der Waals surface area contributed by atoms with E-state index in [1.807, 2.05) is 24.3 Å². The van der Waals surface area contributed by atoms with Gasteiger partial charge in [-0.15, -0.1) is 0 Å². The summed E-state index contributed by atoms with van der Waals surface area (Å²) in [5.74, 6) is 0.498. The lowest BCUT2D eigenvalue weighted by atomic mass is 9.77. The molecule has 0 aromatic heterocycles. The first-order valence-corrected chi connectivity index (χ1v) is 9.05. The molecule has 0 fully saturated rings. The van der Waals surface area contributed by atoms with E-state index in [-0.39, 0.29) is 17.6 Å². The molecule has 0 saturated heterocycles. The number of nitrogens with one attached hydrogen (secondary N) is 1. The lowest BCUT2D eigenvalue weighted by molar-refractivity contribution is -0.114. The van der Waals surface area contributed by atoms with Crippen molar-refractivity contribution in [2.24, 2.45) is 0 Å². The second-order valence-corrected chi connectivity index (χ2v) is 7.09. The number of allylic oxidation sites excluding steroid dienone is 1. The average molecular weight is 341 g/mol. The third-order valence-electron chi connectivity index (χ3n) is 5.48. The van der Waals surface area contributed by atoms with Crippen LogP contribution in [-0.4, -0.2) is 10.9 Å². The van der Waals surface area contributed by atoms with E-state index in [1.165, 1.54) is 5.57 Å². The van der Waals surface area contributed by atoms with Crippen molar-refractivity contribution in [1.29, 1.82) is 0 Å². The molecule has 1 aliphatic carbocycles. The largest absolute Gasteiger partial charge is 0.508 e. The van der Waals surface area contributed by atoms with Gasteiger partial charge < -0.3 is 10.4 Å². The monoisotopic (exact) mass is 341 g/mol. The highest BCUT2D eigenvalue weighted by molar-refractivity contribution is 6.25. The van der Waals surface area contributed by atoms with Crippen LogP contribution in [0.1, 0.15) is 36.4 Å². The van der Waals surface area contributed by atoms with Crippen LogP contribution >= 0.6 is 0 Å². The fourth-order valence-corrected chi connectivity index (χ4v) is 4.24. The third-order valence-corrected chi connectivity index (χ3v) is 5.48. The Bertz CT molecular complexity index is 1060. The fraction of sp³-hybridized carbons (Fsp3) is 0.174. The highest BCUT2D eigenvalue weighted by Crippen LogP contribution is 2.46. The van der Waals surface area contributed by atoms with Crippen molar-refractivity contribution < 1.29 is 9.90 Å². The maximum absolute atomic E-state index is 12.8. The summed E-state index contributed by atoms with van der Waals surface area (Å²) in [5.41, 5.74) is 5.18. The van der Waals surface area contributed by atoms with E-state index in [4.69, 9.17) is 0 Å². The number of hydrogen-bond acceptors (Lipinski definition) is 3. The molecule has 1 aliphatic heterocycles. The summed E-state index contributed by atoms with van der Waals surface area (Å²) in [7, 11) is 0. The lowest BCUT2D eigenvalue weighted by Crippen LogP contribution is -2.25. The number of carbonyl (C=O) groups is 1. The molecule has 0 spiro atoms. The Morgan fingerprint density at radius 3 is 2.42 bits per heavy atom. The summed E-state index contributed by atoms with van der Waals surface area (Å²) in [6.07, 6.45) is 2.44. The first-order chi connectivity index (χ1) is 12.7. The Morgan fingerprint density at radius 2 is 1.65 bits per heavy atom. The van der Waals surface area contributed by atoms with Crippen molar-refractivity contribution in [1.82, 2.24) is 0 Å². The van der Waals surface area contributed by atoms with Gasteiger partial charge in [0.15, 0.2) is 5.78 Å². The maximum atomic E-state index is 12.8. The van der Waals surface area contributed by atoms with Gasteiger partial charge in [0, 0.05) is 23.2 Å². The van der Waals surface area contributed by atoms with Gasteiger partial charge in [0.25, 0.3) is 0 Å². The smallest absolute Gasteiger partial charge is 0.163 e. The number of fused-ring (bicyclic) bond motifs is 3. The number of phenolic OH excluding ortho intramolecular Hbond substituents is 1. The number of ketones is 1. The second-order valence-electron chi connectivity index (χ2n) is 7.09. The summed E-state index contributed by atoms with van der Waals surface area (Å²) >= 11 is 0. The van der Waals surface area contributed by atoms with Crippen molar-refractivity contribution in [2.45, 2.75) is 25.3 Å². The molecule has 3 heteroatoms. The Labute approximate surface area is 152 Å². The number of carbonyl (C=O) groups excluding carboxylic acids is 1. The number of anilines is 1. The first-order valence-electron chi connectivity index (χ1n) is 9.05. The molecule has 1 unspecified atom stereocenters. The predicted molar refractivity (Wildman–Crippen MR) is 104 cm³/mol. The van der Waals surface area contributed by atoms with Crippen molar-refractivity contribution >= 4 is 27.8 Å². The Kier molecular flexibility index (Phi) is 3.35. The molecule has 5 rings (SSSR count).